The molecule has 90 valence electrons. The maximum Gasteiger partial charge on any atom is 0.0743 e. The molecule has 0 aliphatic rings. The average molecular weight is 230 g/mol. The minimum atomic E-state index is -0.000139. The minimum Gasteiger partial charge on any atom is -0.275 e. The van der Waals surface area contributed by atoms with Crippen molar-refractivity contribution in [1.82, 2.24) is 15.2 Å². The second-order valence-corrected chi connectivity index (χ2v) is 4.07. The van der Waals surface area contributed by atoms with Crippen molar-refractivity contribution < 1.29 is 0 Å². The highest BCUT2D eigenvalue weighted by molar-refractivity contribution is 5.32. The predicted molar refractivity (Wildman–Crippen MR) is 68.2 cm³/mol. The van der Waals surface area contributed by atoms with Crippen molar-refractivity contribution in [2.75, 3.05) is 0 Å². The van der Waals surface area contributed by atoms with Gasteiger partial charge in [0.05, 0.1) is 11.7 Å². The molecule has 0 bridgehead atoms. The summed E-state index contributed by atoms with van der Waals surface area (Å²) in [5.74, 6) is 5.68. The normalized spacial score (nSPS) is 12.6. The van der Waals surface area contributed by atoms with Gasteiger partial charge < -0.3 is 0 Å². The molecule has 1 atom stereocenters. The number of hydrogen-bond donors (Lipinski definition) is 2. The van der Waals surface area contributed by atoms with Crippen LogP contribution in [0.4, 0.5) is 0 Å². The zero-order valence-corrected chi connectivity index (χ0v) is 10.2. The van der Waals surface area contributed by atoms with Gasteiger partial charge in [-0.2, -0.15) is 5.10 Å². The van der Waals surface area contributed by atoms with E-state index in [1.54, 1.807) is 0 Å². The van der Waals surface area contributed by atoms with E-state index in [4.69, 9.17) is 5.84 Å². The number of nitrogens with two attached hydrogens (primary N) is 1. The molecule has 0 aliphatic carbocycles. The van der Waals surface area contributed by atoms with E-state index in [1.165, 1.54) is 0 Å². The van der Waals surface area contributed by atoms with Crippen LogP contribution in [0.15, 0.2) is 36.5 Å². The van der Waals surface area contributed by atoms with E-state index < -0.39 is 0 Å². The predicted octanol–water partition coefficient (Wildman–Crippen LogP) is 1.54. The highest BCUT2D eigenvalue weighted by Gasteiger charge is 2.17. The molecule has 0 radical (unpaired) electrons. The van der Waals surface area contributed by atoms with E-state index in [-0.39, 0.29) is 6.04 Å². The Balaban J connectivity index is 2.42. The second kappa shape index (κ2) is 5.12. The summed E-state index contributed by atoms with van der Waals surface area (Å²) >= 11 is 0. The number of rotatable bonds is 4. The molecule has 0 fully saturated rings. The number of aryl methyl sites for hydroxylation is 2. The third-order valence-corrected chi connectivity index (χ3v) is 2.88. The van der Waals surface area contributed by atoms with Gasteiger partial charge >= 0.3 is 0 Å². The van der Waals surface area contributed by atoms with Gasteiger partial charge in [0.1, 0.15) is 0 Å². The fourth-order valence-electron chi connectivity index (χ4n) is 2.08. The Bertz CT molecular complexity index is 475. The van der Waals surface area contributed by atoms with Gasteiger partial charge in [-0.25, -0.2) is 5.43 Å². The lowest BCUT2D eigenvalue weighted by atomic mass is 9.99. The summed E-state index contributed by atoms with van der Waals surface area (Å²) in [5, 5.41) is 4.44. The summed E-state index contributed by atoms with van der Waals surface area (Å²) in [5.41, 5.74) is 6.25. The number of nitrogens with one attached hydrogen (secondary N) is 1. The Morgan fingerprint density at radius 3 is 2.65 bits per heavy atom. The van der Waals surface area contributed by atoms with Crippen LogP contribution in [0.5, 0.6) is 0 Å². The molecule has 0 amide bonds. The van der Waals surface area contributed by atoms with Crippen LogP contribution in [0, 0.1) is 0 Å². The molecule has 1 aromatic heterocycles. The molecule has 0 saturated heterocycles. The van der Waals surface area contributed by atoms with E-state index in [1.807, 2.05) is 36.1 Å². The van der Waals surface area contributed by atoms with Crippen molar-refractivity contribution >= 4 is 0 Å². The van der Waals surface area contributed by atoms with Crippen LogP contribution in [0.2, 0.25) is 0 Å². The average Bonchev–Trinajstić information content (AvgIpc) is 2.73. The number of benzene rings is 1. The molecule has 1 heterocycles. The van der Waals surface area contributed by atoms with Gasteiger partial charge in [0, 0.05) is 18.8 Å². The maximum atomic E-state index is 5.68. The van der Waals surface area contributed by atoms with Gasteiger partial charge in [0.15, 0.2) is 0 Å². The van der Waals surface area contributed by atoms with Crippen molar-refractivity contribution in [3.05, 3.63) is 53.3 Å². The first kappa shape index (κ1) is 11.8. The van der Waals surface area contributed by atoms with E-state index in [0.29, 0.717) is 0 Å². The van der Waals surface area contributed by atoms with Gasteiger partial charge in [-0.1, -0.05) is 37.3 Å². The van der Waals surface area contributed by atoms with Gasteiger partial charge in [-0.15, -0.1) is 0 Å². The zero-order chi connectivity index (χ0) is 12.3. The number of nitrogens with zero attached hydrogens (tertiary/aromatic N) is 2. The molecule has 17 heavy (non-hydrogen) atoms. The molecule has 4 nitrogen and oxygen atoms in total. The SMILES string of the molecule is CCc1nn(C)cc1C(NN)c1ccccc1. The Kier molecular flexibility index (Phi) is 3.56. The minimum absolute atomic E-state index is 0.000139. The summed E-state index contributed by atoms with van der Waals surface area (Å²) in [6.45, 7) is 2.10. The van der Waals surface area contributed by atoms with Crippen LogP contribution in [0.3, 0.4) is 0 Å². The van der Waals surface area contributed by atoms with E-state index in [2.05, 4.69) is 29.6 Å². The van der Waals surface area contributed by atoms with E-state index >= 15 is 0 Å². The molecule has 0 aliphatic heterocycles. The Labute approximate surface area is 101 Å². The van der Waals surface area contributed by atoms with Crippen LogP contribution in [0.1, 0.15) is 29.8 Å². The summed E-state index contributed by atoms with van der Waals surface area (Å²) in [6.07, 6.45) is 2.93. The topological polar surface area (TPSA) is 55.9 Å². The van der Waals surface area contributed by atoms with Gasteiger partial charge in [0.25, 0.3) is 0 Å². The Morgan fingerprint density at radius 1 is 1.35 bits per heavy atom. The molecule has 4 heteroatoms. The summed E-state index contributed by atoms with van der Waals surface area (Å²) in [6, 6.07) is 10.2. The van der Waals surface area contributed by atoms with E-state index in [0.717, 1.165) is 23.2 Å². The molecule has 2 rings (SSSR count). The van der Waals surface area contributed by atoms with Crippen molar-refractivity contribution in [2.24, 2.45) is 12.9 Å². The molecule has 3 N–H and O–H groups in total. The molecule has 0 spiro atoms. The summed E-state index contributed by atoms with van der Waals surface area (Å²) in [4.78, 5) is 0. The fraction of sp³-hybridized carbons (Fsp3) is 0.308. The van der Waals surface area contributed by atoms with Crippen LogP contribution >= 0.6 is 0 Å². The molecular formula is C13H18N4. The first-order valence-corrected chi connectivity index (χ1v) is 5.79. The van der Waals surface area contributed by atoms with Crippen LogP contribution < -0.4 is 11.3 Å². The third-order valence-electron chi connectivity index (χ3n) is 2.88. The molecular weight excluding hydrogens is 212 g/mol. The van der Waals surface area contributed by atoms with Gasteiger partial charge in [0.2, 0.25) is 0 Å². The first-order chi connectivity index (χ1) is 8.26. The smallest absolute Gasteiger partial charge is 0.0743 e. The Morgan fingerprint density at radius 2 is 2.06 bits per heavy atom. The van der Waals surface area contributed by atoms with Crippen molar-refractivity contribution in [3.8, 4) is 0 Å². The quantitative estimate of drug-likeness (QED) is 0.618. The summed E-state index contributed by atoms with van der Waals surface area (Å²) in [7, 11) is 1.93. The summed E-state index contributed by atoms with van der Waals surface area (Å²) < 4.78 is 1.83. The van der Waals surface area contributed by atoms with Gasteiger partial charge in [-0.3, -0.25) is 10.5 Å². The number of hydrogen-bond acceptors (Lipinski definition) is 3. The lowest BCUT2D eigenvalue weighted by molar-refractivity contribution is 0.631. The van der Waals surface area contributed by atoms with E-state index in [9.17, 15) is 0 Å². The first-order valence-electron chi connectivity index (χ1n) is 5.79. The van der Waals surface area contributed by atoms with Crippen molar-refractivity contribution in [3.63, 3.8) is 0 Å². The van der Waals surface area contributed by atoms with Crippen LogP contribution in [0.25, 0.3) is 0 Å². The fourth-order valence-corrected chi connectivity index (χ4v) is 2.08. The number of aromatic nitrogens is 2. The van der Waals surface area contributed by atoms with Crippen molar-refractivity contribution in [1.29, 1.82) is 0 Å². The highest BCUT2D eigenvalue weighted by atomic mass is 15.3. The standard InChI is InChI=1S/C13H18N4/c1-3-12-11(9-17(2)16-12)13(15-14)10-7-5-4-6-8-10/h4-9,13,15H,3,14H2,1-2H3. The monoisotopic (exact) mass is 230 g/mol. The third kappa shape index (κ3) is 2.38. The van der Waals surface area contributed by atoms with Gasteiger partial charge in [-0.05, 0) is 12.0 Å². The largest absolute Gasteiger partial charge is 0.275 e. The molecule has 1 unspecified atom stereocenters. The second-order valence-electron chi connectivity index (χ2n) is 4.07. The molecule has 0 saturated carbocycles. The Hall–Kier alpha value is -1.65. The lowest BCUT2D eigenvalue weighted by Gasteiger charge is -2.16. The van der Waals surface area contributed by atoms with Crippen LogP contribution in [-0.4, -0.2) is 9.78 Å². The number of hydrazine groups is 1. The molecule has 1 aromatic carbocycles. The maximum absolute atomic E-state index is 5.68. The van der Waals surface area contributed by atoms with Crippen LogP contribution in [-0.2, 0) is 13.5 Å². The highest BCUT2D eigenvalue weighted by Crippen LogP contribution is 2.23. The lowest BCUT2D eigenvalue weighted by Crippen LogP contribution is -2.29. The zero-order valence-electron chi connectivity index (χ0n) is 10.2. The van der Waals surface area contributed by atoms with Crippen molar-refractivity contribution in [2.45, 2.75) is 19.4 Å². The molecule has 2 aromatic rings.